The van der Waals surface area contributed by atoms with Gasteiger partial charge in [-0.15, -0.1) is 0 Å². The molecule has 2 aromatic carbocycles. The van der Waals surface area contributed by atoms with Gasteiger partial charge < -0.3 is 16.0 Å². The van der Waals surface area contributed by atoms with Gasteiger partial charge in [-0.05, 0) is 36.1 Å². The molecule has 0 heterocycles. The Bertz CT molecular complexity index is 802. The lowest BCUT2D eigenvalue weighted by Gasteiger charge is -2.30. The molecule has 0 unspecified atom stereocenters. The van der Waals surface area contributed by atoms with Crippen LogP contribution < -0.4 is 16.0 Å². The third kappa shape index (κ3) is 4.50. The summed E-state index contributed by atoms with van der Waals surface area (Å²) < 4.78 is 13.3. The minimum Gasteiger partial charge on any atom is -0.357 e. The topological polar surface area (TPSA) is 70.2 Å². The summed E-state index contributed by atoms with van der Waals surface area (Å²) in [5.41, 5.74) is 1.56. The fraction of sp³-hybridized carbons (Fsp3) is 0.364. The van der Waals surface area contributed by atoms with Gasteiger partial charge in [-0.2, -0.15) is 0 Å². The molecule has 0 aromatic heterocycles. The molecule has 0 saturated heterocycles. The molecule has 28 heavy (non-hydrogen) atoms. The van der Waals surface area contributed by atoms with Crippen molar-refractivity contribution in [1.82, 2.24) is 16.0 Å². The molecule has 2 aromatic rings. The van der Waals surface area contributed by atoms with Crippen molar-refractivity contribution in [2.24, 2.45) is 0 Å². The number of hydrogen-bond donors (Lipinski definition) is 3. The van der Waals surface area contributed by atoms with Crippen LogP contribution in [0.1, 0.15) is 42.9 Å². The molecule has 3 rings (SSSR count). The van der Waals surface area contributed by atoms with Crippen LogP contribution in [0, 0.1) is 5.82 Å². The second-order valence-electron chi connectivity index (χ2n) is 7.28. The zero-order valence-electron chi connectivity index (χ0n) is 16.0. The molecule has 6 heteroatoms. The van der Waals surface area contributed by atoms with E-state index in [-0.39, 0.29) is 17.1 Å². The molecule has 0 radical (unpaired) electrons. The lowest BCUT2D eigenvalue weighted by Crippen LogP contribution is -2.47. The Morgan fingerprint density at radius 3 is 2.29 bits per heavy atom. The van der Waals surface area contributed by atoms with Crippen molar-refractivity contribution in [3.63, 3.8) is 0 Å². The van der Waals surface area contributed by atoms with Crippen LogP contribution in [0.3, 0.4) is 0 Å². The number of likely N-dealkylation sites (N-methyl/N-ethyl adjacent to an activating group) is 1. The van der Waals surface area contributed by atoms with Gasteiger partial charge in [-0.1, -0.05) is 55.3 Å². The third-order valence-electron chi connectivity index (χ3n) is 5.52. The second kappa shape index (κ2) is 8.87. The predicted molar refractivity (Wildman–Crippen MR) is 106 cm³/mol. The number of rotatable bonds is 6. The maximum absolute atomic E-state index is 13.3. The average Bonchev–Trinajstić information content (AvgIpc) is 3.21. The molecule has 1 saturated carbocycles. The third-order valence-corrected chi connectivity index (χ3v) is 5.52. The summed E-state index contributed by atoms with van der Waals surface area (Å²) in [7, 11) is 1.54. The molecular weight excluding hydrogens is 357 g/mol. The highest BCUT2D eigenvalue weighted by Crippen LogP contribution is 2.40. The van der Waals surface area contributed by atoms with Gasteiger partial charge in [0.1, 0.15) is 11.9 Å². The monoisotopic (exact) mass is 383 g/mol. The van der Waals surface area contributed by atoms with Crippen LogP contribution in [0.25, 0.3) is 0 Å². The van der Waals surface area contributed by atoms with E-state index in [0.29, 0.717) is 12.1 Å². The first-order chi connectivity index (χ1) is 13.5. The molecular formula is C22H26FN3O2. The van der Waals surface area contributed by atoms with E-state index >= 15 is 0 Å². The first kappa shape index (κ1) is 19.9. The number of carbonyl (C=O) groups is 2. The van der Waals surface area contributed by atoms with Crippen molar-refractivity contribution < 1.29 is 14.0 Å². The van der Waals surface area contributed by atoms with Crippen LogP contribution >= 0.6 is 0 Å². The summed E-state index contributed by atoms with van der Waals surface area (Å²) in [6.07, 6.45) is 4.03. The van der Waals surface area contributed by atoms with Crippen LogP contribution in [0.5, 0.6) is 0 Å². The highest BCUT2D eigenvalue weighted by Gasteiger charge is 2.36. The number of carbonyl (C=O) groups excluding carboxylic acids is 2. The largest absolute Gasteiger partial charge is 0.357 e. The summed E-state index contributed by atoms with van der Waals surface area (Å²) in [4.78, 5) is 24.8. The molecule has 5 nitrogen and oxygen atoms in total. The van der Waals surface area contributed by atoms with Gasteiger partial charge in [0.2, 0.25) is 5.91 Å². The Morgan fingerprint density at radius 1 is 1.04 bits per heavy atom. The Morgan fingerprint density at radius 2 is 1.68 bits per heavy atom. The van der Waals surface area contributed by atoms with Gasteiger partial charge in [0.05, 0.1) is 0 Å². The van der Waals surface area contributed by atoms with Gasteiger partial charge in [-0.3, -0.25) is 4.79 Å². The van der Waals surface area contributed by atoms with Gasteiger partial charge in [-0.25, -0.2) is 9.18 Å². The number of hydrogen-bond acceptors (Lipinski definition) is 2. The van der Waals surface area contributed by atoms with Crippen molar-refractivity contribution in [2.75, 3.05) is 13.6 Å². The van der Waals surface area contributed by atoms with E-state index in [1.165, 1.54) is 12.1 Å². The molecule has 0 bridgehead atoms. The Labute approximate surface area is 164 Å². The fourth-order valence-electron chi connectivity index (χ4n) is 3.94. The smallest absolute Gasteiger partial charge is 0.315 e. The zero-order chi connectivity index (χ0) is 20.0. The van der Waals surface area contributed by atoms with E-state index in [1.807, 2.05) is 18.2 Å². The Balaban J connectivity index is 1.69. The van der Waals surface area contributed by atoms with E-state index in [1.54, 1.807) is 31.3 Å². The van der Waals surface area contributed by atoms with Crippen LogP contribution in [0.4, 0.5) is 9.18 Å². The highest BCUT2D eigenvalue weighted by molar-refractivity contribution is 5.88. The standard InChI is InChI=1S/C22H26FN3O2/c1-24-20(27)19(16-7-3-2-4-8-16)26-21(28)25-15-22(13-5-6-14-22)17-9-11-18(23)12-10-17/h2-4,7-12,19H,5-6,13-15H2,1H3,(H,24,27)(H2,25,26,28)/t19-/m0/s1. The SMILES string of the molecule is CNC(=O)[C@@H](NC(=O)NCC1(c2ccc(F)cc2)CCCC1)c1ccccc1. The molecule has 1 atom stereocenters. The highest BCUT2D eigenvalue weighted by atomic mass is 19.1. The summed E-state index contributed by atoms with van der Waals surface area (Å²) in [6, 6.07) is 14.5. The van der Waals surface area contributed by atoms with E-state index in [4.69, 9.17) is 0 Å². The molecule has 3 N–H and O–H groups in total. The molecule has 0 spiro atoms. The lowest BCUT2D eigenvalue weighted by atomic mass is 9.79. The molecule has 3 amide bonds. The average molecular weight is 383 g/mol. The van der Waals surface area contributed by atoms with E-state index in [2.05, 4.69) is 16.0 Å². The lowest BCUT2D eigenvalue weighted by molar-refractivity contribution is -0.122. The number of urea groups is 1. The summed E-state index contributed by atoms with van der Waals surface area (Å²) in [6.45, 7) is 0.444. The normalized spacial score (nSPS) is 16.2. The summed E-state index contributed by atoms with van der Waals surface area (Å²) >= 11 is 0. The van der Waals surface area contributed by atoms with Crippen LogP contribution in [0.15, 0.2) is 54.6 Å². The first-order valence-electron chi connectivity index (χ1n) is 9.61. The molecule has 148 valence electrons. The van der Waals surface area contributed by atoms with Crippen LogP contribution in [0.2, 0.25) is 0 Å². The van der Waals surface area contributed by atoms with Crippen LogP contribution in [-0.4, -0.2) is 25.5 Å². The van der Waals surface area contributed by atoms with E-state index in [9.17, 15) is 14.0 Å². The maximum Gasteiger partial charge on any atom is 0.315 e. The summed E-state index contributed by atoms with van der Waals surface area (Å²) in [5.74, 6) is -0.547. The second-order valence-corrected chi connectivity index (χ2v) is 7.28. The first-order valence-corrected chi connectivity index (χ1v) is 9.61. The van der Waals surface area contributed by atoms with E-state index < -0.39 is 12.1 Å². The van der Waals surface area contributed by atoms with Gasteiger partial charge in [0.15, 0.2) is 0 Å². The zero-order valence-corrected chi connectivity index (χ0v) is 16.0. The van der Waals surface area contributed by atoms with Gasteiger partial charge in [0, 0.05) is 19.0 Å². The quantitative estimate of drug-likeness (QED) is 0.715. The van der Waals surface area contributed by atoms with Gasteiger partial charge >= 0.3 is 6.03 Å². The number of halogens is 1. The van der Waals surface area contributed by atoms with Crippen molar-refractivity contribution >= 4 is 11.9 Å². The molecule has 1 aliphatic carbocycles. The van der Waals surface area contributed by atoms with E-state index in [0.717, 1.165) is 31.2 Å². The molecule has 0 aliphatic heterocycles. The van der Waals surface area contributed by atoms with Crippen LogP contribution in [-0.2, 0) is 10.2 Å². The van der Waals surface area contributed by atoms with Crippen molar-refractivity contribution in [3.05, 3.63) is 71.5 Å². The molecule has 1 aliphatic rings. The number of nitrogens with one attached hydrogen (secondary N) is 3. The van der Waals surface area contributed by atoms with Crippen molar-refractivity contribution in [2.45, 2.75) is 37.1 Å². The fourth-order valence-corrected chi connectivity index (χ4v) is 3.94. The predicted octanol–water partition coefficient (Wildman–Crippen LogP) is 3.42. The van der Waals surface area contributed by atoms with Crippen molar-refractivity contribution in [1.29, 1.82) is 0 Å². The number of amides is 3. The Hall–Kier alpha value is -2.89. The minimum atomic E-state index is -0.767. The number of benzene rings is 2. The van der Waals surface area contributed by atoms with Crippen molar-refractivity contribution in [3.8, 4) is 0 Å². The molecule has 1 fully saturated rings. The maximum atomic E-state index is 13.3. The Kier molecular flexibility index (Phi) is 6.29. The van der Waals surface area contributed by atoms with Gasteiger partial charge in [0.25, 0.3) is 0 Å². The minimum absolute atomic E-state index is 0.194. The summed E-state index contributed by atoms with van der Waals surface area (Å²) in [5, 5.41) is 8.29.